The monoisotopic (exact) mass is 453 g/mol. The molecule has 1 unspecified atom stereocenters. The van der Waals surface area contributed by atoms with Gasteiger partial charge >= 0.3 is 5.97 Å². The minimum absolute atomic E-state index is 0.0000396. The number of fused-ring (bicyclic) bond motifs is 2. The summed E-state index contributed by atoms with van der Waals surface area (Å²) < 4.78 is 6.62. The van der Waals surface area contributed by atoms with E-state index in [1.54, 1.807) is 53.4 Å². The number of rotatable bonds is 4. The SMILES string of the molecule is CC1CCc2ccccc2N1C(=O)COC(=O)c1nn(-c2ccccc2)c(=O)c2ccccc12. The van der Waals surface area contributed by atoms with Crippen LogP contribution in [-0.2, 0) is 16.0 Å². The number of esters is 1. The number of carbonyl (C=O) groups excluding carboxylic acids is 2. The molecule has 1 aliphatic heterocycles. The van der Waals surface area contributed by atoms with Crippen LogP contribution in [0.1, 0.15) is 29.4 Å². The number of carbonyl (C=O) groups is 2. The Labute approximate surface area is 196 Å². The molecule has 2 heterocycles. The third-order valence-electron chi connectivity index (χ3n) is 6.12. The van der Waals surface area contributed by atoms with Gasteiger partial charge in [0, 0.05) is 17.1 Å². The number of para-hydroxylation sites is 2. The van der Waals surface area contributed by atoms with E-state index in [1.165, 1.54) is 4.68 Å². The van der Waals surface area contributed by atoms with Crippen LogP contribution in [0, 0.1) is 0 Å². The third-order valence-corrected chi connectivity index (χ3v) is 6.12. The van der Waals surface area contributed by atoms with Crippen LogP contribution < -0.4 is 10.5 Å². The molecule has 1 aromatic heterocycles. The van der Waals surface area contributed by atoms with Gasteiger partial charge < -0.3 is 9.64 Å². The Kier molecular flexibility index (Phi) is 5.67. The van der Waals surface area contributed by atoms with E-state index in [4.69, 9.17) is 4.74 Å². The molecule has 1 aliphatic rings. The van der Waals surface area contributed by atoms with Crippen molar-refractivity contribution in [2.45, 2.75) is 25.8 Å². The average Bonchev–Trinajstić information content (AvgIpc) is 2.88. The Balaban J connectivity index is 1.45. The summed E-state index contributed by atoms with van der Waals surface area (Å²) in [6.45, 7) is 1.57. The zero-order valence-electron chi connectivity index (χ0n) is 18.7. The number of ether oxygens (including phenoxy) is 1. The van der Waals surface area contributed by atoms with Crippen LogP contribution in [0.5, 0.6) is 0 Å². The Bertz CT molecular complexity index is 1450. The molecular formula is C27H23N3O4. The van der Waals surface area contributed by atoms with Gasteiger partial charge in [-0.25, -0.2) is 4.79 Å². The van der Waals surface area contributed by atoms with Gasteiger partial charge in [-0.15, -0.1) is 0 Å². The maximum absolute atomic E-state index is 13.1. The molecule has 0 saturated carbocycles. The van der Waals surface area contributed by atoms with Gasteiger partial charge in [-0.1, -0.05) is 54.6 Å². The quantitative estimate of drug-likeness (QED) is 0.438. The second-order valence-electron chi connectivity index (χ2n) is 8.30. The Hall–Kier alpha value is -4.26. The molecular weight excluding hydrogens is 430 g/mol. The second-order valence-corrected chi connectivity index (χ2v) is 8.30. The minimum Gasteiger partial charge on any atom is -0.451 e. The largest absolute Gasteiger partial charge is 0.451 e. The van der Waals surface area contributed by atoms with Crippen LogP contribution in [0.3, 0.4) is 0 Å². The van der Waals surface area contributed by atoms with Crippen LogP contribution >= 0.6 is 0 Å². The Morgan fingerprint density at radius 3 is 2.41 bits per heavy atom. The maximum atomic E-state index is 13.1. The highest BCUT2D eigenvalue weighted by Crippen LogP contribution is 2.30. The third kappa shape index (κ3) is 3.85. The number of amides is 1. The van der Waals surface area contributed by atoms with E-state index in [0.717, 1.165) is 24.1 Å². The molecule has 0 bridgehead atoms. The van der Waals surface area contributed by atoms with Crippen molar-refractivity contribution in [1.82, 2.24) is 9.78 Å². The minimum atomic E-state index is -0.757. The molecule has 1 atom stereocenters. The van der Waals surface area contributed by atoms with Crippen molar-refractivity contribution >= 4 is 28.3 Å². The summed E-state index contributed by atoms with van der Waals surface area (Å²) in [4.78, 5) is 40.9. The molecule has 7 nitrogen and oxygen atoms in total. The number of nitrogens with zero attached hydrogens (tertiary/aromatic N) is 3. The highest BCUT2D eigenvalue weighted by molar-refractivity contribution is 6.03. The van der Waals surface area contributed by atoms with Crippen molar-refractivity contribution in [1.29, 1.82) is 0 Å². The number of aromatic nitrogens is 2. The molecule has 0 N–H and O–H groups in total. The number of hydrogen-bond donors (Lipinski definition) is 0. The van der Waals surface area contributed by atoms with Crippen LogP contribution in [0.2, 0.25) is 0 Å². The van der Waals surface area contributed by atoms with E-state index in [2.05, 4.69) is 5.10 Å². The molecule has 0 aliphatic carbocycles. The average molecular weight is 453 g/mol. The Morgan fingerprint density at radius 1 is 0.941 bits per heavy atom. The summed E-state index contributed by atoms with van der Waals surface area (Å²) in [6.07, 6.45) is 1.74. The second kappa shape index (κ2) is 8.94. The predicted molar refractivity (Wildman–Crippen MR) is 129 cm³/mol. The van der Waals surface area contributed by atoms with Gasteiger partial charge in [-0.3, -0.25) is 9.59 Å². The van der Waals surface area contributed by atoms with E-state index >= 15 is 0 Å². The van der Waals surface area contributed by atoms with E-state index in [1.807, 2.05) is 37.3 Å². The molecule has 0 radical (unpaired) electrons. The van der Waals surface area contributed by atoms with Gasteiger partial charge in [0.2, 0.25) is 0 Å². The van der Waals surface area contributed by atoms with Crippen LogP contribution in [0.15, 0.2) is 83.7 Å². The van der Waals surface area contributed by atoms with Crippen molar-refractivity contribution in [3.8, 4) is 5.69 Å². The molecule has 34 heavy (non-hydrogen) atoms. The highest BCUT2D eigenvalue weighted by atomic mass is 16.5. The van der Waals surface area contributed by atoms with Crippen LogP contribution in [0.25, 0.3) is 16.5 Å². The fourth-order valence-corrected chi connectivity index (χ4v) is 4.42. The molecule has 1 amide bonds. The molecule has 7 heteroatoms. The summed E-state index contributed by atoms with van der Waals surface area (Å²) in [6, 6.07) is 23.4. The standard InChI is InChI=1S/C27H23N3O4/c1-18-15-16-19-9-5-8-14-23(19)29(18)24(31)17-34-27(33)25-21-12-6-7-13-22(21)26(32)30(28-25)20-10-3-2-4-11-20/h2-14,18H,15-17H2,1H3. The smallest absolute Gasteiger partial charge is 0.359 e. The van der Waals surface area contributed by atoms with Gasteiger partial charge in [0.1, 0.15) is 0 Å². The van der Waals surface area contributed by atoms with Gasteiger partial charge in [0.05, 0.1) is 11.1 Å². The number of aryl methyl sites for hydroxylation is 1. The fraction of sp³-hybridized carbons (Fsp3) is 0.185. The van der Waals surface area contributed by atoms with Crippen molar-refractivity contribution in [3.05, 3.63) is 100 Å². The summed E-state index contributed by atoms with van der Waals surface area (Å²) in [5, 5.41) is 5.05. The zero-order chi connectivity index (χ0) is 23.7. The lowest BCUT2D eigenvalue weighted by molar-refractivity contribution is -0.122. The molecule has 0 saturated heterocycles. The normalized spacial score (nSPS) is 15.1. The number of hydrogen-bond acceptors (Lipinski definition) is 5. The van der Waals surface area contributed by atoms with E-state index in [9.17, 15) is 14.4 Å². The molecule has 5 rings (SSSR count). The molecule has 4 aromatic rings. The lowest BCUT2D eigenvalue weighted by Gasteiger charge is -2.35. The highest BCUT2D eigenvalue weighted by Gasteiger charge is 2.29. The first-order valence-electron chi connectivity index (χ1n) is 11.2. The van der Waals surface area contributed by atoms with E-state index in [-0.39, 0.29) is 23.2 Å². The van der Waals surface area contributed by atoms with Crippen molar-refractivity contribution < 1.29 is 14.3 Å². The fourth-order valence-electron chi connectivity index (χ4n) is 4.42. The lowest BCUT2D eigenvalue weighted by Crippen LogP contribution is -2.44. The van der Waals surface area contributed by atoms with Crippen molar-refractivity contribution in [2.75, 3.05) is 11.5 Å². The molecule has 0 fully saturated rings. The van der Waals surface area contributed by atoms with Crippen LogP contribution in [-0.4, -0.2) is 34.3 Å². The maximum Gasteiger partial charge on any atom is 0.359 e. The first-order valence-corrected chi connectivity index (χ1v) is 11.2. The van der Waals surface area contributed by atoms with E-state index < -0.39 is 12.6 Å². The van der Waals surface area contributed by atoms with Gasteiger partial charge in [-0.2, -0.15) is 9.78 Å². The number of anilines is 1. The van der Waals surface area contributed by atoms with Crippen molar-refractivity contribution in [2.24, 2.45) is 0 Å². The molecule has 170 valence electrons. The summed E-state index contributed by atoms with van der Waals surface area (Å²) >= 11 is 0. The first-order chi connectivity index (χ1) is 16.5. The number of benzene rings is 3. The van der Waals surface area contributed by atoms with E-state index in [0.29, 0.717) is 16.5 Å². The van der Waals surface area contributed by atoms with Gasteiger partial charge in [-0.05, 0) is 49.6 Å². The molecule has 0 spiro atoms. The van der Waals surface area contributed by atoms with Crippen molar-refractivity contribution in [3.63, 3.8) is 0 Å². The lowest BCUT2D eigenvalue weighted by atomic mass is 9.96. The first kappa shape index (κ1) is 21.6. The van der Waals surface area contributed by atoms with Gasteiger partial charge in [0.15, 0.2) is 12.3 Å². The molecule has 3 aromatic carbocycles. The summed E-state index contributed by atoms with van der Waals surface area (Å²) in [7, 11) is 0. The summed E-state index contributed by atoms with van der Waals surface area (Å²) in [5.74, 6) is -1.05. The van der Waals surface area contributed by atoms with Gasteiger partial charge in [0.25, 0.3) is 11.5 Å². The topological polar surface area (TPSA) is 81.5 Å². The summed E-state index contributed by atoms with van der Waals surface area (Å²) in [5.41, 5.74) is 2.13. The predicted octanol–water partition coefficient (Wildman–Crippen LogP) is 3.91. The van der Waals surface area contributed by atoms with Crippen LogP contribution in [0.4, 0.5) is 5.69 Å². The zero-order valence-corrected chi connectivity index (χ0v) is 18.7. The Morgan fingerprint density at radius 2 is 1.62 bits per heavy atom.